The minimum absolute atomic E-state index is 0.506. The van der Waals surface area contributed by atoms with E-state index in [4.69, 9.17) is 11.6 Å². The van der Waals surface area contributed by atoms with E-state index in [1.54, 1.807) is 0 Å². The third-order valence-corrected chi connectivity index (χ3v) is 12.7. The summed E-state index contributed by atoms with van der Waals surface area (Å²) in [6.45, 7) is 8.78. The molecular formula is C60H36N6. The fraction of sp³-hybridized carbons (Fsp3) is 0. The van der Waals surface area contributed by atoms with Crippen LogP contribution in [0.5, 0.6) is 0 Å². The molecule has 0 atom stereocenters. The number of nitrogens with zero attached hydrogens (tertiary/aromatic N) is 6. The van der Waals surface area contributed by atoms with E-state index in [9.17, 15) is 5.26 Å². The largest absolute Gasteiger partial charge is 0.319 e. The van der Waals surface area contributed by atoms with Crippen LogP contribution in [-0.2, 0) is 0 Å². The first kappa shape index (κ1) is 38.3. The van der Waals surface area contributed by atoms with E-state index in [0.717, 1.165) is 111 Å². The van der Waals surface area contributed by atoms with Crippen LogP contribution < -0.4 is 0 Å². The lowest BCUT2D eigenvalue weighted by atomic mass is 9.99. The third-order valence-electron chi connectivity index (χ3n) is 12.7. The second-order valence-corrected chi connectivity index (χ2v) is 16.4. The molecule has 0 saturated heterocycles. The predicted molar refractivity (Wildman–Crippen MR) is 269 cm³/mol. The average Bonchev–Trinajstić information content (AvgIpc) is 3.91. The topological polar surface area (TPSA) is 63.8 Å². The molecule has 0 aliphatic heterocycles. The minimum Gasteiger partial charge on any atom is -0.319 e. The number of aromatic nitrogens is 4. The summed E-state index contributed by atoms with van der Waals surface area (Å²) >= 11 is 0. The Hall–Kier alpha value is -9.36. The lowest BCUT2D eigenvalue weighted by molar-refractivity contribution is 1.15. The number of benzene rings is 8. The molecule has 0 saturated carbocycles. The molecule has 0 spiro atoms. The molecule has 0 amide bonds. The Morgan fingerprint density at radius 3 is 1.42 bits per heavy atom. The molecule has 0 fully saturated rings. The van der Waals surface area contributed by atoms with Crippen molar-refractivity contribution in [2.45, 2.75) is 0 Å². The first-order valence-corrected chi connectivity index (χ1v) is 21.8. The van der Waals surface area contributed by atoms with Crippen LogP contribution in [0.3, 0.4) is 0 Å². The van der Waals surface area contributed by atoms with Gasteiger partial charge in [0.1, 0.15) is 0 Å². The van der Waals surface area contributed by atoms with Crippen molar-refractivity contribution < 1.29 is 0 Å². The second-order valence-electron chi connectivity index (χ2n) is 16.4. The van der Waals surface area contributed by atoms with Crippen molar-refractivity contribution in [2.24, 2.45) is 0 Å². The maximum absolute atomic E-state index is 10.1. The molecule has 0 aliphatic rings. The molecule has 4 aromatic heterocycles. The first-order chi connectivity index (χ1) is 32.6. The van der Waals surface area contributed by atoms with E-state index in [2.05, 4.69) is 171 Å². The van der Waals surface area contributed by atoms with Crippen LogP contribution in [0, 0.1) is 17.9 Å². The normalized spacial score (nSPS) is 11.3. The number of fused-ring (bicyclic) bond motifs is 6. The summed E-state index contributed by atoms with van der Waals surface area (Å²) in [5.41, 5.74) is 16.7. The van der Waals surface area contributed by atoms with Crippen molar-refractivity contribution >= 4 is 49.3 Å². The van der Waals surface area contributed by atoms with Gasteiger partial charge in [0.25, 0.3) is 0 Å². The zero-order chi connectivity index (χ0) is 44.1. The lowest BCUT2D eigenvalue weighted by Gasteiger charge is -2.19. The number of hydrogen-bond donors (Lipinski definition) is 0. The van der Waals surface area contributed by atoms with Crippen LogP contribution in [-0.4, -0.2) is 19.1 Å². The molecule has 306 valence electrons. The molecule has 66 heavy (non-hydrogen) atoms. The molecular weight excluding hydrogens is 805 g/mol. The molecule has 0 radical (unpaired) electrons. The zero-order valence-corrected chi connectivity index (χ0v) is 35.5. The third kappa shape index (κ3) is 6.41. The number of pyridine rings is 2. The molecule has 12 aromatic rings. The summed E-state index contributed by atoms with van der Waals surface area (Å²) in [5, 5.41) is 14.5. The van der Waals surface area contributed by atoms with Crippen molar-refractivity contribution in [3.05, 3.63) is 236 Å². The van der Waals surface area contributed by atoms with Gasteiger partial charge in [-0.25, -0.2) is 4.85 Å². The summed E-state index contributed by atoms with van der Waals surface area (Å²) in [6.07, 6.45) is 3.75. The molecule has 6 nitrogen and oxygen atoms in total. The highest BCUT2D eigenvalue weighted by Gasteiger charge is 2.23. The van der Waals surface area contributed by atoms with Gasteiger partial charge in [-0.05, 0) is 113 Å². The molecule has 0 bridgehead atoms. The van der Waals surface area contributed by atoms with Gasteiger partial charge in [-0.15, -0.1) is 0 Å². The maximum Gasteiger partial charge on any atom is 0.212 e. The lowest BCUT2D eigenvalue weighted by Crippen LogP contribution is -2.01. The van der Waals surface area contributed by atoms with Gasteiger partial charge in [0.2, 0.25) is 5.69 Å². The van der Waals surface area contributed by atoms with Crippen LogP contribution >= 0.6 is 0 Å². The molecule has 6 heteroatoms. The zero-order valence-electron chi connectivity index (χ0n) is 35.5. The van der Waals surface area contributed by atoms with Crippen molar-refractivity contribution in [1.29, 1.82) is 5.26 Å². The van der Waals surface area contributed by atoms with Gasteiger partial charge in [-0.2, -0.15) is 5.26 Å². The summed E-state index contributed by atoms with van der Waals surface area (Å²) in [6, 6.07) is 73.2. The van der Waals surface area contributed by atoms with Gasteiger partial charge >= 0.3 is 0 Å². The number of para-hydroxylation sites is 2. The van der Waals surface area contributed by atoms with Crippen LogP contribution in [0.2, 0.25) is 0 Å². The number of nitriles is 1. The van der Waals surface area contributed by atoms with Gasteiger partial charge in [0.15, 0.2) is 0 Å². The van der Waals surface area contributed by atoms with E-state index < -0.39 is 0 Å². The monoisotopic (exact) mass is 840 g/mol. The standard InChI is InChI=1S/C60H36N6/c1-62-54-37-59(65-55-21-10-8-19-47(55)50-32-42(23-25-57(50)65)44-27-29-63-52(34-44)40-14-4-2-5-15-40)49(46-18-12-13-39(31-46)38-61)36-60(54)66-56-22-11-9-20-48(56)51-33-43(24-26-58(51)66)45-28-30-64-53(35-45)41-16-6-3-7-17-41/h2-37H. The van der Waals surface area contributed by atoms with Gasteiger partial charge in [-0.3, -0.25) is 9.97 Å². The Balaban J connectivity index is 1.07. The quantitative estimate of drug-likeness (QED) is 0.150. The maximum atomic E-state index is 10.1. The van der Waals surface area contributed by atoms with E-state index in [-0.39, 0.29) is 0 Å². The number of rotatable bonds is 7. The van der Waals surface area contributed by atoms with Crippen LogP contribution in [0.15, 0.2) is 219 Å². The van der Waals surface area contributed by atoms with Gasteiger partial charge in [0, 0.05) is 56.3 Å². The van der Waals surface area contributed by atoms with Gasteiger partial charge in [0.05, 0.1) is 57.3 Å². The van der Waals surface area contributed by atoms with E-state index >= 15 is 0 Å². The average molecular weight is 841 g/mol. The van der Waals surface area contributed by atoms with Crippen LogP contribution in [0.25, 0.3) is 116 Å². The van der Waals surface area contributed by atoms with Crippen molar-refractivity contribution in [2.75, 3.05) is 0 Å². The number of hydrogen-bond acceptors (Lipinski definition) is 3. The molecule has 12 rings (SSSR count). The van der Waals surface area contributed by atoms with Gasteiger partial charge in [-0.1, -0.05) is 121 Å². The summed E-state index contributed by atoms with van der Waals surface area (Å²) in [4.78, 5) is 13.7. The highest BCUT2D eigenvalue weighted by molar-refractivity contribution is 6.13. The van der Waals surface area contributed by atoms with Crippen molar-refractivity contribution in [3.63, 3.8) is 0 Å². The van der Waals surface area contributed by atoms with E-state index in [0.29, 0.717) is 11.3 Å². The molecule has 0 unspecified atom stereocenters. The molecule has 0 aliphatic carbocycles. The molecule has 4 heterocycles. The van der Waals surface area contributed by atoms with Crippen molar-refractivity contribution in [3.8, 4) is 73.3 Å². The van der Waals surface area contributed by atoms with Crippen LogP contribution in [0.1, 0.15) is 5.56 Å². The Morgan fingerprint density at radius 2 is 0.879 bits per heavy atom. The van der Waals surface area contributed by atoms with E-state index in [1.165, 1.54) is 0 Å². The minimum atomic E-state index is 0.506. The SMILES string of the molecule is [C-]#[N+]c1cc(-n2c3ccccc3c3cc(-c4ccnc(-c5ccccc5)c4)ccc32)c(-c2cccc(C#N)c2)cc1-n1c2ccccc2c2cc(-c3ccnc(-c4ccccc4)c3)ccc21. The Labute approximate surface area is 381 Å². The summed E-state index contributed by atoms with van der Waals surface area (Å²) in [5.74, 6) is 0. The van der Waals surface area contributed by atoms with Crippen LogP contribution in [0.4, 0.5) is 5.69 Å². The fourth-order valence-electron chi connectivity index (χ4n) is 9.58. The second kappa shape index (κ2) is 15.8. The van der Waals surface area contributed by atoms with Gasteiger partial charge < -0.3 is 9.13 Å². The highest BCUT2D eigenvalue weighted by atomic mass is 15.0. The smallest absolute Gasteiger partial charge is 0.212 e. The molecule has 0 N–H and O–H groups in total. The first-order valence-electron chi connectivity index (χ1n) is 21.8. The highest BCUT2D eigenvalue weighted by Crippen LogP contribution is 2.44. The fourth-order valence-corrected chi connectivity index (χ4v) is 9.58. The predicted octanol–water partition coefficient (Wildman–Crippen LogP) is 15.4. The molecule has 8 aromatic carbocycles. The Bertz CT molecular complexity index is 3960. The summed E-state index contributed by atoms with van der Waals surface area (Å²) < 4.78 is 4.50. The van der Waals surface area contributed by atoms with E-state index in [1.807, 2.05) is 73.1 Å². The van der Waals surface area contributed by atoms with Crippen molar-refractivity contribution in [1.82, 2.24) is 19.1 Å². The Morgan fingerprint density at radius 1 is 0.394 bits per heavy atom. The summed E-state index contributed by atoms with van der Waals surface area (Å²) in [7, 11) is 0. The Kier molecular flexibility index (Phi) is 9.16.